The van der Waals surface area contributed by atoms with Gasteiger partial charge in [-0.3, -0.25) is 9.89 Å². The molecular weight excluding hydrogens is 352 g/mol. The van der Waals surface area contributed by atoms with Crippen molar-refractivity contribution in [1.29, 1.82) is 0 Å². The summed E-state index contributed by atoms with van der Waals surface area (Å²) in [5, 5.41) is 12.6. The van der Waals surface area contributed by atoms with Crippen LogP contribution in [0.2, 0.25) is 0 Å². The second kappa shape index (κ2) is 7.45. The fourth-order valence-electron chi connectivity index (χ4n) is 3.57. The van der Waals surface area contributed by atoms with E-state index in [2.05, 4.69) is 20.5 Å². The summed E-state index contributed by atoms with van der Waals surface area (Å²) < 4.78 is 0. The first-order valence-electron chi connectivity index (χ1n) is 9.00. The maximum atomic E-state index is 12.6. The van der Waals surface area contributed by atoms with Crippen molar-refractivity contribution in [1.82, 2.24) is 25.0 Å². The molecule has 0 bridgehead atoms. The van der Waals surface area contributed by atoms with E-state index in [-0.39, 0.29) is 17.9 Å². The van der Waals surface area contributed by atoms with Crippen LogP contribution in [-0.4, -0.2) is 63.1 Å². The van der Waals surface area contributed by atoms with E-state index in [0.29, 0.717) is 31.6 Å². The van der Waals surface area contributed by atoms with Crippen LogP contribution >= 0.6 is 11.3 Å². The van der Waals surface area contributed by atoms with Crippen LogP contribution in [0.15, 0.2) is 17.8 Å². The Morgan fingerprint density at radius 2 is 1.88 bits per heavy atom. The molecule has 2 aromatic heterocycles. The molecule has 2 N–H and O–H groups in total. The van der Waals surface area contributed by atoms with Gasteiger partial charge in [-0.2, -0.15) is 5.10 Å². The monoisotopic (exact) mass is 374 g/mol. The largest absolute Gasteiger partial charge is 0.325 e. The molecule has 0 aromatic carbocycles. The molecule has 2 aliphatic heterocycles. The summed E-state index contributed by atoms with van der Waals surface area (Å²) in [4.78, 5) is 33.1. The number of piperidine rings is 1. The predicted octanol–water partition coefficient (Wildman–Crippen LogP) is 2.40. The number of amides is 3. The molecule has 26 heavy (non-hydrogen) atoms. The number of H-pyrrole nitrogens is 1. The zero-order chi connectivity index (χ0) is 17.9. The third-order valence-electron chi connectivity index (χ3n) is 5.06. The van der Waals surface area contributed by atoms with Gasteiger partial charge >= 0.3 is 6.03 Å². The Morgan fingerprint density at radius 1 is 1.15 bits per heavy atom. The number of urea groups is 1. The molecule has 4 heterocycles. The van der Waals surface area contributed by atoms with Gasteiger partial charge in [-0.15, -0.1) is 11.3 Å². The van der Waals surface area contributed by atoms with Gasteiger partial charge in [0.05, 0.1) is 11.9 Å². The zero-order valence-corrected chi connectivity index (χ0v) is 15.3. The van der Waals surface area contributed by atoms with Gasteiger partial charge in [0.1, 0.15) is 10.7 Å². The van der Waals surface area contributed by atoms with Crippen LogP contribution in [0.1, 0.15) is 25.7 Å². The quantitative estimate of drug-likeness (QED) is 0.862. The molecule has 0 atom stereocenters. The highest BCUT2D eigenvalue weighted by molar-refractivity contribution is 7.13. The Bertz CT molecular complexity index is 760. The topological polar surface area (TPSA) is 94.2 Å². The van der Waals surface area contributed by atoms with Gasteiger partial charge in [0.25, 0.3) is 0 Å². The number of likely N-dealkylation sites (tertiary alicyclic amines) is 2. The minimum atomic E-state index is -0.0864. The average Bonchev–Trinajstić information content (AvgIpc) is 3.42. The lowest BCUT2D eigenvalue weighted by Crippen LogP contribution is -2.47. The van der Waals surface area contributed by atoms with Crippen LogP contribution in [0.5, 0.6) is 0 Å². The van der Waals surface area contributed by atoms with Crippen LogP contribution < -0.4 is 5.32 Å². The lowest BCUT2D eigenvalue weighted by atomic mass is 9.96. The zero-order valence-electron chi connectivity index (χ0n) is 14.5. The Labute approximate surface area is 155 Å². The van der Waals surface area contributed by atoms with E-state index in [4.69, 9.17) is 0 Å². The summed E-state index contributed by atoms with van der Waals surface area (Å²) in [5.41, 5.74) is 1.38. The number of anilines is 1. The first kappa shape index (κ1) is 17.0. The smallest absolute Gasteiger partial charge is 0.319 e. The molecule has 2 fully saturated rings. The van der Waals surface area contributed by atoms with E-state index in [1.165, 1.54) is 11.3 Å². The summed E-state index contributed by atoms with van der Waals surface area (Å²) >= 11 is 1.49. The molecular formula is C17H22N6O2S. The SMILES string of the molecule is O=C(Nc1cn[nH]c1-c1nccs1)C1CCN(C(=O)N2CCCC2)CC1. The Kier molecular flexibility index (Phi) is 4.87. The first-order valence-corrected chi connectivity index (χ1v) is 9.88. The predicted molar refractivity (Wildman–Crippen MR) is 98.8 cm³/mol. The molecule has 2 saturated heterocycles. The molecule has 0 radical (unpaired) electrons. The summed E-state index contributed by atoms with van der Waals surface area (Å²) in [6.07, 6.45) is 6.90. The number of nitrogens with one attached hydrogen (secondary N) is 2. The van der Waals surface area contributed by atoms with Crippen LogP contribution in [-0.2, 0) is 4.79 Å². The summed E-state index contributed by atoms with van der Waals surface area (Å²) in [5.74, 6) is -0.103. The molecule has 0 saturated carbocycles. The molecule has 0 aliphatic carbocycles. The molecule has 4 rings (SSSR count). The minimum absolute atomic E-state index is 0.0162. The number of thiazole rings is 1. The maximum absolute atomic E-state index is 12.6. The molecule has 2 aliphatic rings. The van der Waals surface area contributed by atoms with Crippen LogP contribution in [0.4, 0.5) is 10.5 Å². The van der Waals surface area contributed by atoms with E-state index in [9.17, 15) is 9.59 Å². The van der Waals surface area contributed by atoms with Gasteiger partial charge in [-0.1, -0.05) is 0 Å². The van der Waals surface area contributed by atoms with Crippen molar-refractivity contribution in [3.63, 3.8) is 0 Å². The maximum Gasteiger partial charge on any atom is 0.319 e. The molecule has 8 nitrogen and oxygen atoms in total. The number of hydrogen-bond acceptors (Lipinski definition) is 5. The summed E-state index contributed by atoms with van der Waals surface area (Å²) in [6, 6.07) is 0.127. The molecule has 3 amide bonds. The third-order valence-corrected chi connectivity index (χ3v) is 5.85. The number of hydrogen-bond donors (Lipinski definition) is 2. The number of carbonyl (C=O) groups is 2. The lowest BCUT2D eigenvalue weighted by molar-refractivity contribution is -0.121. The highest BCUT2D eigenvalue weighted by Gasteiger charge is 2.30. The number of rotatable bonds is 3. The van der Waals surface area contributed by atoms with Crippen molar-refractivity contribution in [2.45, 2.75) is 25.7 Å². The van der Waals surface area contributed by atoms with Crippen molar-refractivity contribution >= 4 is 29.0 Å². The van der Waals surface area contributed by atoms with Gasteiger partial charge < -0.3 is 15.1 Å². The van der Waals surface area contributed by atoms with Crippen molar-refractivity contribution in [2.24, 2.45) is 5.92 Å². The van der Waals surface area contributed by atoms with Gasteiger partial charge in [0.2, 0.25) is 5.91 Å². The van der Waals surface area contributed by atoms with E-state index < -0.39 is 0 Å². The standard InChI is InChI=1S/C17H22N6O2S/c24-15(20-13-11-19-21-14(13)16-18-5-10-26-16)12-3-8-23(9-4-12)17(25)22-6-1-2-7-22/h5,10-12H,1-4,6-9H2,(H,19,21)(H,20,24). The van der Waals surface area contributed by atoms with E-state index in [1.54, 1.807) is 12.4 Å². The third kappa shape index (κ3) is 3.44. The van der Waals surface area contributed by atoms with Crippen LogP contribution in [0.25, 0.3) is 10.7 Å². The molecule has 138 valence electrons. The minimum Gasteiger partial charge on any atom is -0.325 e. The van der Waals surface area contributed by atoms with E-state index in [0.717, 1.165) is 36.6 Å². The van der Waals surface area contributed by atoms with Gasteiger partial charge in [0.15, 0.2) is 0 Å². The van der Waals surface area contributed by atoms with Crippen molar-refractivity contribution in [3.05, 3.63) is 17.8 Å². The van der Waals surface area contributed by atoms with E-state index in [1.807, 2.05) is 15.2 Å². The number of aromatic amines is 1. The first-order chi connectivity index (χ1) is 12.7. The molecule has 9 heteroatoms. The van der Waals surface area contributed by atoms with Gasteiger partial charge in [-0.25, -0.2) is 9.78 Å². The fourth-order valence-corrected chi connectivity index (χ4v) is 4.21. The summed E-state index contributed by atoms with van der Waals surface area (Å²) in [7, 11) is 0. The number of carbonyl (C=O) groups excluding carboxylic acids is 2. The summed E-state index contributed by atoms with van der Waals surface area (Å²) in [6.45, 7) is 2.99. The average molecular weight is 374 g/mol. The van der Waals surface area contributed by atoms with Crippen molar-refractivity contribution in [3.8, 4) is 10.7 Å². The second-order valence-corrected chi connectivity index (χ2v) is 7.62. The van der Waals surface area contributed by atoms with Crippen molar-refractivity contribution in [2.75, 3.05) is 31.5 Å². The number of nitrogens with zero attached hydrogens (tertiary/aromatic N) is 4. The molecule has 2 aromatic rings. The molecule has 0 unspecified atom stereocenters. The van der Waals surface area contributed by atoms with Crippen LogP contribution in [0, 0.1) is 5.92 Å². The fraction of sp³-hybridized carbons (Fsp3) is 0.529. The number of aromatic nitrogens is 3. The van der Waals surface area contributed by atoms with Gasteiger partial charge in [-0.05, 0) is 25.7 Å². The van der Waals surface area contributed by atoms with Crippen LogP contribution in [0.3, 0.4) is 0 Å². The van der Waals surface area contributed by atoms with Crippen molar-refractivity contribution < 1.29 is 9.59 Å². The Hall–Kier alpha value is -2.42. The van der Waals surface area contributed by atoms with E-state index >= 15 is 0 Å². The second-order valence-electron chi connectivity index (χ2n) is 6.72. The highest BCUT2D eigenvalue weighted by Crippen LogP contribution is 2.28. The lowest BCUT2D eigenvalue weighted by Gasteiger charge is -2.34. The normalized spacial score (nSPS) is 18.3. The Morgan fingerprint density at radius 3 is 2.58 bits per heavy atom. The van der Waals surface area contributed by atoms with Gasteiger partial charge in [0, 0.05) is 43.7 Å². The Balaban J connectivity index is 1.33. The molecule has 0 spiro atoms. The highest BCUT2D eigenvalue weighted by atomic mass is 32.1.